The number of rotatable bonds is 13. The fourth-order valence-electron chi connectivity index (χ4n) is 5.19. The van der Waals surface area contributed by atoms with Crippen LogP contribution in [-0.2, 0) is 35.6 Å². The third-order valence-electron chi connectivity index (χ3n) is 7.43. The van der Waals surface area contributed by atoms with Crippen molar-refractivity contribution in [3.8, 4) is 11.1 Å². The summed E-state index contributed by atoms with van der Waals surface area (Å²) in [5.41, 5.74) is 7.22. The SMILES string of the molecule is O=C(CCC(Cc1ccc(-c2ccccc2)cc1)N(Cc1ccccc1)Cc1ccccc1)OCc1ccccc1. The van der Waals surface area contributed by atoms with Gasteiger partial charge >= 0.3 is 5.97 Å². The second kappa shape index (κ2) is 14.8. The Morgan fingerprint density at radius 1 is 0.537 bits per heavy atom. The maximum atomic E-state index is 12.9. The summed E-state index contributed by atoms with van der Waals surface area (Å²) in [7, 11) is 0. The first-order valence-corrected chi connectivity index (χ1v) is 14.4. The van der Waals surface area contributed by atoms with Crippen molar-refractivity contribution in [2.24, 2.45) is 0 Å². The molecule has 206 valence electrons. The number of hydrogen-bond donors (Lipinski definition) is 0. The molecule has 0 amide bonds. The highest BCUT2D eigenvalue weighted by atomic mass is 16.5. The molecule has 3 nitrogen and oxygen atoms in total. The zero-order chi connectivity index (χ0) is 28.1. The zero-order valence-electron chi connectivity index (χ0n) is 23.4. The second-order valence-corrected chi connectivity index (χ2v) is 10.5. The third kappa shape index (κ3) is 8.76. The lowest BCUT2D eigenvalue weighted by Crippen LogP contribution is -2.36. The van der Waals surface area contributed by atoms with Crippen molar-refractivity contribution in [3.05, 3.63) is 168 Å². The first-order chi connectivity index (χ1) is 20.2. The van der Waals surface area contributed by atoms with Gasteiger partial charge in [0.05, 0.1) is 0 Å². The summed E-state index contributed by atoms with van der Waals surface area (Å²) in [4.78, 5) is 15.4. The standard InChI is InChI=1S/C38H37NO2/c40-38(41-30-34-17-9-3-10-18-34)26-25-37(27-31-21-23-36(24-22-31)35-19-11-4-12-20-35)39(28-32-13-5-1-6-14-32)29-33-15-7-2-8-16-33/h1-24,37H,25-30H2. The fourth-order valence-corrected chi connectivity index (χ4v) is 5.19. The summed E-state index contributed by atoms with van der Waals surface area (Å²) >= 11 is 0. The molecule has 5 rings (SSSR count). The van der Waals surface area contributed by atoms with Crippen LogP contribution in [0.25, 0.3) is 11.1 Å². The van der Waals surface area contributed by atoms with E-state index in [9.17, 15) is 4.79 Å². The highest BCUT2D eigenvalue weighted by molar-refractivity contribution is 5.69. The first-order valence-electron chi connectivity index (χ1n) is 14.4. The minimum absolute atomic E-state index is 0.155. The van der Waals surface area contributed by atoms with Gasteiger partial charge in [0, 0.05) is 25.6 Å². The molecule has 1 unspecified atom stereocenters. The van der Waals surface area contributed by atoms with E-state index >= 15 is 0 Å². The quantitative estimate of drug-likeness (QED) is 0.141. The molecule has 0 fully saturated rings. The molecule has 0 saturated carbocycles. The summed E-state index contributed by atoms with van der Waals surface area (Å²) in [5.74, 6) is -0.155. The lowest BCUT2D eigenvalue weighted by molar-refractivity contribution is -0.145. The average Bonchev–Trinajstić information content (AvgIpc) is 3.04. The van der Waals surface area contributed by atoms with Gasteiger partial charge in [-0.15, -0.1) is 0 Å². The van der Waals surface area contributed by atoms with Crippen LogP contribution < -0.4 is 0 Å². The Balaban J connectivity index is 1.35. The molecule has 0 N–H and O–H groups in total. The number of hydrogen-bond acceptors (Lipinski definition) is 3. The summed E-state index contributed by atoms with van der Waals surface area (Å²) in [6.45, 7) is 1.92. The average molecular weight is 540 g/mol. The normalized spacial score (nSPS) is 11.7. The molecule has 0 spiro atoms. The third-order valence-corrected chi connectivity index (χ3v) is 7.43. The predicted octanol–water partition coefficient (Wildman–Crippen LogP) is 8.49. The highest BCUT2D eigenvalue weighted by Crippen LogP contribution is 2.24. The van der Waals surface area contributed by atoms with E-state index in [2.05, 4.69) is 114 Å². The lowest BCUT2D eigenvalue weighted by atomic mass is 9.96. The largest absolute Gasteiger partial charge is 0.461 e. The van der Waals surface area contributed by atoms with Crippen molar-refractivity contribution in [1.82, 2.24) is 4.90 Å². The molecule has 0 radical (unpaired) electrons. The maximum absolute atomic E-state index is 12.9. The van der Waals surface area contributed by atoms with E-state index in [1.165, 1.54) is 27.8 Å². The van der Waals surface area contributed by atoms with E-state index in [1.54, 1.807) is 0 Å². The Bertz CT molecular complexity index is 1410. The van der Waals surface area contributed by atoms with Gasteiger partial charge in [-0.3, -0.25) is 9.69 Å². The molecule has 5 aromatic rings. The van der Waals surface area contributed by atoms with Crippen LogP contribution in [0.1, 0.15) is 35.1 Å². The van der Waals surface area contributed by atoms with E-state index in [0.717, 1.165) is 25.1 Å². The van der Waals surface area contributed by atoms with E-state index in [-0.39, 0.29) is 12.0 Å². The van der Waals surface area contributed by atoms with Gasteiger partial charge in [0.15, 0.2) is 0 Å². The first kappa shape index (κ1) is 28.1. The number of esters is 1. The second-order valence-electron chi connectivity index (χ2n) is 10.5. The van der Waals surface area contributed by atoms with E-state index < -0.39 is 0 Å². The monoisotopic (exact) mass is 539 g/mol. The van der Waals surface area contributed by atoms with Crippen LogP contribution in [0.3, 0.4) is 0 Å². The topological polar surface area (TPSA) is 29.5 Å². The molecule has 1 atom stereocenters. The maximum Gasteiger partial charge on any atom is 0.306 e. The molecule has 3 heteroatoms. The Hall–Kier alpha value is -4.47. The highest BCUT2D eigenvalue weighted by Gasteiger charge is 2.22. The minimum Gasteiger partial charge on any atom is -0.461 e. The van der Waals surface area contributed by atoms with Crippen LogP contribution >= 0.6 is 0 Å². The molecule has 41 heavy (non-hydrogen) atoms. The number of carbonyl (C=O) groups excluding carboxylic acids is 1. The fraction of sp³-hybridized carbons (Fsp3) is 0.184. The Kier molecular flexibility index (Phi) is 10.1. The van der Waals surface area contributed by atoms with Crippen molar-refractivity contribution in [1.29, 1.82) is 0 Å². The van der Waals surface area contributed by atoms with Crippen molar-refractivity contribution >= 4 is 5.97 Å². The summed E-state index contributed by atoms with van der Waals surface area (Å²) in [6, 6.07) is 50.5. The molecule has 0 aromatic heterocycles. The Morgan fingerprint density at radius 2 is 1.00 bits per heavy atom. The van der Waals surface area contributed by atoms with Gasteiger partial charge in [-0.05, 0) is 46.2 Å². The van der Waals surface area contributed by atoms with Gasteiger partial charge < -0.3 is 4.74 Å². The van der Waals surface area contributed by atoms with Gasteiger partial charge in [-0.25, -0.2) is 0 Å². The van der Waals surface area contributed by atoms with Crippen molar-refractivity contribution in [2.45, 2.75) is 45.0 Å². The van der Waals surface area contributed by atoms with Crippen LogP contribution in [0.4, 0.5) is 0 Å². The van der Waals surface area contributed by atoms with Crippen LogP contribution in [0.15, 0.2) is 146 Å². The summed E-state index contributed by atoms with van der Waals surface area (Å²) in [6.07, 6.45) is 1.94. The summed E-state index contributed by atoms with van der Waals surface area (Å²) in [5, 5.41) is 0. The van der Waals surface area contributed by atoms with Crippen molar-refractivity contribution in [3.63, 3.8) is 0 Å². The van der Waals surface area contributed by atoms with Crippen molar-refractivity contribution < 1.29 is 9.53 Å². The smallest absolute Gasteiger partial charge is 0.306 e. The van der Waals surface area contributed by atoms with E-state index in [0.29, 0.717) is 19.4 Å². The lowest BCUT2D eigenvalue weighted by Gasteiger charge is -2.32. The number of carbonyl (C=O) groups is 1. The zero-order valence-corrected chi connectivity index (χ0v) is 23.4. The Morgan fingerprint density at radius 3 is 1.54 bits per heavy atom. The molecule has 0 aliphatic heterocycles. The van der Waals surface area contributed by atoms with E-state index in [1.807, 2.05) is 36.4 Å². The van der Waals surface area contributed by atoms with Crippen LogP contribution in [0, 0.1) is 0 Å². The van der Waals surface area contributed by atoms with Gasteiger partial charge in [-0.1, -0.05) is 146 Å². The molecule has 5 aromatic carbocycles. The van der Waals surface area contributed by atoms with Crippen LogP contribution in [0.5, 0.6) is 0 Å². The number of benzene rings is 5. The molecule has 0 aliphatic carbocycles. The van der Waals surface area contributed by atoms with E-state index in [4.69, 9.17) is 4.74 Å². The van der Waals surface area contributed by atoms with Crippen molar-refractivity contribution in [2.75, 3.05) is 0 Å². The molecule has 0 aliphatic rings. The number of nitrogens with zero attached hydrogens (tertiary/aromatic N) is 1. The molecule has 0 saturated heterocycles. The van der Waals surface area contributed by atoms with Gasteiger partial charge in [-0.2, -0.15) is 0 Å². The van der Waals surface area contributed by atoms with Crippen LogP contribution in [0.2, 0.25) is 0 Å². The summed E-state index contributed by atoms with van der Waals surface area (Å²) < 4.78 is 5.65. The predicted molar refractivity (Wildman–Crippen MR) is 167 cm³/mol. The minimum atomic E-state index is -0.155. The molecular formula is C38H37NO2. The molecule has 0 heterocycles. The van der Waals surface area contributed by atoms with Gasteiger partial charge in [0.1, 0.15) is 6.61 Å². The number of ether oxygens (including phenoxy) is 1. The van der Waals surface area contributed by atoms with Gasteiger partial charge in [0.2, 0.25) is 0 Å². The van der Waals surface area contributed by atoms with Crippen LogP contribution in [-0.4, -0.2) is 16.9 Å². The molecular weight excluding hydrogens is 502 g/mol. The molecule has 0 bridgehead atoms. The Labute approximate surface area is 244 Å². The van der Waals surface area contributed by atoms with Gasteiger partial charge in [0.25, 0.3) is 0 Å².